The number of hydrogen-bond acceptors (Lipinski definition) is 3. The summed E-state index contributed by atoms with van der Waals surface area (Å²) in [6, 6.07) is 14.3. The van der Waals surface area contributed by atoms with Crippen molar-refractivity contribution in [1.82, 2.24) is 0 Å². The third kappa shape index (κ3) is 3.56. The Morgan fingerprint density at radius 3 is 2.54 bits per heavy atom. The molecule has 2 aromatic rings. The monoisotopic (exact) mass is 389 g/mol. The highest BCUT2D eigenvalue weighted by Crippen LogP contribution is 2.39. The number of phenols is 1. The SMILES string of the molecule is O=C1C(c2ccc(O)cc2)Oc2ccccc2N1CCCCCBr. The quantitative estimate of drug-likeness (QED) is 0.587. The maximum absolute atomic E-state index is 13.0. The van der Waals surface area contributed by atoms with E-state index in [9.17, 15) is 9.90 Å². The lowest BCUT2D eigenvalue weighted by molar-refractivity contribution is -0.126. The summed E-state index contributed by atoms with van der Waals surface area (Å²) in [5, 5.41) is 10.4. The highest BCUT2D eigenvalue weighted by atomic mass is 79.9. The fourth-order valence-electron chi connectivity index (χ4n) is 2.85. The van der Waals surface area contributed by atoms with E-state index in [0.717, 1.165) is 41.6 Å². The molecule has 24 heavy (non-hydrogen) atoms. The number of alkyl halides is 1. The third-order valence-electron chi connectivity index (χ3n) is 4.10. The number of nitrogens with zero attached hydrogens (tertiary/aromatic N) is 1. The number of halogens is 1. The normalized spacial score (nSPS) is 16.6. The highest BCUT2D eigenvalue weighted by Gasteiger charge is 2.34. The van der Waals surface area contributed by atoms with Crippen molar-refractivity contribution >= 4 is 27.5 Å². The maximum atomic E-state index is 13.0. The van der Waals surface area contributed by atoms with Gasteiger partial charge in [-0.25, -0.2) is 0 Å². The Morgan fingerprint density at radius 1 is 1.04 bits per heavy atom. The van der Waals surface area contributed by atoms with Crippen LogP contribution in [0.25, 0.3) is 0 Å². The second-order valence-corrected chi connectivity index (χ2v) is 6.59. The first-order chi connectivity index (χ1) is 11.7. The number of aromatic hydroxyl groups is 1. The number of phenolic OH excluding ortho intramolecular Hbond substituents is 1. The Balaban J connectivity index is 1.86. The molecule has 3 rings (SSSR count). The van der Waals surface area contributed by atoms with Crippen LogP contribution in [0.5, 0.6) is 11.5 Å². The van der Waals surface area contributed by atoms with Gasteiger partial charge in [0.15, 0.2) is 0 Å². The van der Waals surface area contributed by atoms with Crippen LogP contribution in [0.1, 0.15) is 30.9 Å². The molecule has 0 spiro atoms. The standard InChI is InChI=1S/C19H20BrNO3/c20-12-4-1-5-13-21-16-6-2-3-7-17(16)24-18(19(21)23)14-8-10-15(22)11-9-14/h2-3,6-11,18,22H,1,4-5,12-13H2. The van der Waals surface area contributed by atoms with Crippen LogP contribution >= 0.6 is 15.9 Å². The summed E-state index contributed by atoms with van der Waals surface area (Å²) in [6.07, 6.45) is 2.45. The van der Waals surface area contributed by atoms with Crippen LogP contribution in [0.4, 0.5) is 5.69 Å². The molecule has 126 valence electrons. The number of fused-ring (bicyclic) bond motifs is 1. The van der Waals surface area contributed by atoms with Crippen LogP contribution in [0, 0.1) is 0 Å². The smallest absolute Gasteiger partial charge is 0.272 e. The molecular weight excluding hydrogens is 370 g/mol. The van der Waals surface area contributed by atoms with Gasteiger partial charge in [-0.3, -0.25) is 4.79 Å². The zero-order valence-electron chi connectivity index (χ0n) is 13.3. The maximum Gasteiger partial charge on any atom is 0.272 e. The Bertz CT molecular complexity index is 702. The van der Waals surface area contributed by atoms with Crippen molar-refractivity contribution in [3.8, 4) is 11.5 Å². The molecule has 1 N–H and O–H groups in total. The molecule has 1 aliphatic rings. The van der Waals surface area contributed by atoms with Crippen LogP contribution in [-0.4, -0.2) is 22.9 Å². The Kier molecular flexibility index (Phi) is 5.41. The molecule has 4 nitrogen and oxygen atoms in total. The van der Waals surface area contributed by atoms with Gasteiger partial charge in [0.05, 0.1) is 5.69 Å². The number of amides is 1. The number of para-hydroxylation sites is 2. The van der Waals surface area contributed by atoms with Gasteiger partial charge in [-0.15, -0.1) is 0 Å². The lowest BCUT2D eigenvalue weighted by Crippen LogP contribution is -2.41. The van der Waals surface area contributed by atoms with E-state index in [4.69, 9.17) is 4.74 Å². The Morgan fingerprint density at radius 2 is 1.79 bits per heavy atom. The van der Waals surface area contributed by atoms with Gasteiger partial charge in [0.25, 0.3) is 5.91 Å². The number of carbonyl (C=O) groups is 1. The van der Waals surface area contributed by atoms with Crippen molar-refractivity contribution in [1.29, 1.82) is 0 Å². The lowest BCUT2D eigenvalue weighted by atomic mass is 10.0. The summed E-state index contributed by atoms with van der Waals surface area (Å²) in [6.45, 7) is 0.681. The first-order valence-corrected chi connectivity index (χ1v) is 9.25. The average molecular weight is 390 g/mol. The number of unbranched alkanes of at least 4 members (excludes halogenated alkanes) is 2. The van der Waals surface area contributed by atoms with E-state index >= 15 is 0 Å². The fourth-order valence-corrected chi connectivity index (χ4v) is 3.25. The van der Waals surface area contributed by atoms with Crippen molar-refractivity contribution in [2.24, 2.45) is 0 Å². The number of rotatable bonds is 6. The van der Waals surface area contributed by atoms with Gasteiger partial charge in [-0.1, -0.05) is 46.6 Å². The molecule has 2 aromatic carbocycles. The molecule has 0 aromatic heterocycles. The molecular formula is C19H20BrNO3. The minimum absolute atomic E-state index is 0.0572. The second kappa shape index (κ2) is 7.71. The molecule has 0 saturated carbocycles. The summed E-state index contributed by atoms with van der Waals surface area (Å²) in [7, 11) is 0. The molecule has 0 saturated heterocycles. The van der Waals surface area contributed by atoms with Crippen LogP contribution in [0.15, 0.2) is 48.5 Å². The molecule has 0 bridgehead atoms. The van der Waals surface area contributed by atoms with E-state index in [0.29, 0.717) is 6.54 Å². The van der Waals surface area contributed by atoms with E-state index in [1.807, 2.05) is 29.2 Å². The molecule has 1 unspecified atom stereocenters. The Hall–Kier alpha value is -2.01. The topological polar surface area (TPSA) is 49.8 Å². The molecule has 5 heteroatoms. The molecule has 1 aliphatic heterocycles. The van der Waals surface area contributed by atoms with Gasteiger partial charge in [0, 0.05) is 17.4 Å². The number of benzene rings is 2. The van der Waals surface area contributed by atoms with Crippen LogP contribution in [0.2, 0.25) is 0 Å². The van der Waals surface area contributed by atoms with E-state index < -0.39 is 6.10 Å². The first-order valence-electron chi connectivity index (χ1n) is 8.12. The average Bonchev–Trinajstić information content (AvgIpc) is 2.61. The summed E-state index contributed by atoms with van der Waals surface area (Å²) < 4.78 is 5.95. The van der Waals surface area contributed by atoms with Crippen LogP contribution < -0.4 is 9.64 Å². The van der Waals surface area contributed by atoms with Crippen molar-refractivity contribution in [3.63, 3.8) is 0 Å². The van der Waals surface area contributed by atoms with Gasteiger partial charge in [-0.05, 0) is 37.1 Å². The number of anilines is 1. The van der Waals surface area contributed by atoms with Gasteiger partial charge in [-0.2, -0.15) is 0 Å². The first kappa shape index (κ1) is 16.8. The van der Waals surface area contributed by atoms with Crippen molar-refractivity contribution in [2.75, 3.05) is 16.8 Å². The Labute approximate surface area is 150 Å². The van der Waals surface area contributed by atoms with E-state index in [1.165, 1.54) is 0 Å². The molecule has 1 heterocycles. The van der Waals surface area contributed by atoms with Crippen molar-refractivity contribution < 1.29 is 14.6 Å². The van der Waals surface area contributed by atoms with E-state index in [2.05, 4.69) is 15.9 Å². The van der Waals surface area contributed by atoms with E-state index in [1.54, 1.807) is 24.3 Å². The zero-order chi connectivity index (χ0) is 16.9. The van der Waals surface area contributed by atoms with Gasteiger partial charge in [0.1, 0.15) is 11.5 Å². The summed E-state index contributed by atoms with van der Waals surface area (Å²) >= 11 is 3.44. The minimum atomic E-state index is -0.670. The molecule has 1 amide bonds. The van der Waals surface area contributed by atoms with Gasteiger partial charge >= 0.3 is 0 Å². The molecule has 1 atom stereocenters. The third-order valence-corrected chi connectivity index (χ3v) is 4.66. The summed E-state index contributed by atoms with van der Waals surface area (Å²) in [5.74, 6) is 0.836. The van der Waals surface area contributed by atoms with Crippen molar-refractivity contribution in [2.45, 2.75) is 25.4 Å². The highest BCUT2D eigenvalue weighted by molar-refractivity contribution is 9.09. The second-order valence-electron chi connectivity index (χ2n) is 5.80. The number of hydrogen-bond donors (Lipinski definition) is 1. The largest absolute Gasteiger partial charge is 0.508 e. The van der Waals surface area contributed by atoms with Gasteiger partial charge in [0.2, 0.25) is 6.10 Å². The zero-order valence-corrected chi connectivity index (χ0v) is 14.9. The lowest BCUT2D eigenvalue weighted by Gasteiger charge is -2.34. The molecule has 0 aliphatic carbocycles. The minimum Gasteiger partial charge on any atom is -0.508 e. The number of ether oxygens (including phenoxy) is 1. The van der Waals surface area contributed by atoms with Gasteiger partial charge < -0.3 is 14.7 Å². The predicted octanol–water partition coefficient (Wildman–Crippen LogP) is 4.42. The molecule has 0 radical (unpaired) electrons. The molecule has 0 fully saturated rings. The fraction of sp³-hybridized carbons (Fsp3) is 0.316. The van der Waals surface area contributed by atoms with Crippen molar-refractivity contribution in [3.05, 3.63) is 54.1 Å². The number of carbonyl (C=O) groups excluding carboxylic acids is 1. The summed E-state index contributed by atoms with van der Waals surface area (Å²) in [5.41, 5.74) is 1.58. The summed E-state index contributed by atoms with van der Waals surface area (Å²) in [4.78, 5) is 14.8. The van der Waals surface area contributed by atoms with E-state index in [-0.39, 0.29) is 11.7 Å². The predicted molar refractivity (Wildman–Crippen MR) is 97.9 cm³/mol. The van der Waals surface area contributed by atoms with Crippen LogP contribution in [0.3, 0.4) is 0 Å². The van der Waals surface area contributed by atoms with Crippen LogP contribution in [-0.2, 0) is 4.79 Å².